The molecule has 1 atom stereocenters. The summed E-state index contributed by atoms with van der Waals surface area (Å²) in [4.78, 5) is 12.2. The molecule has 0 aliphatic carbocycles. The van der Waals surface area contributed by atoms with Crippen LogP contribution in [0.15, 0.2) is 23.1 Å². The molecule has 1 heterocycles. The Bertz CT molecular complexity index is 610. The molecule has 20 heavy (non-hydrogen) atoms. The fourth-order valence-electron chi connectivity index (χ4n) is 1.87. The summed E-state index contributed by atoms with van der Waals surface area (Å²) in [6, 6.07) is 4.62. The minimum Gasteiger partial charge on any atom is -0.325 e. The van der Waals surface area contributed by atoms with Crippen molar-refractivity contribution < 1.29 is 13.2 Å². The number of benzene rings is 1. The van der Waals surface area contributed by atoms with Crippen molar-refractivity contribution in [3.63, 3.8) is 0 Å². The van der Waals surface area contributed by atoms with Crippen LogP contribution in [0, 0.1) is 6.92 Å². The van der Waals surface area contributed by atoms with Gasteiger partial charge in [-0.2, -0.15) is 0 Å². The highest BCUT2D eigenvalue weighted by Crippen LogP contribution is 2.20. The molecule has 1 fully saturated rings. The van der Waals surface area contributed by atoms with Crippen LogP contribution in [0.3, 0.4) is 0 Å². The lowest BCUT2D eigenvalue weighted by Crippen LogP contribution is -2.37. The van der Waals surface area contributed by atoms with Crippen LogP contribution in [0.2, 0.25) is 0 Å². The van der Waals surface area contributed by atoms with Gasteiger partial charge in [0, 0.05) is 17.3 Å². The number of aryl methyl sites for hydroxylation is 1. The summed E-state index contributed by atoms with van der Waals surface area (Å²) in [6.45, 7) is 1.71. The Morgan fingerprint density at radius 1 is 1.45 bits per heavy atom. The summed E-state index contributed by atoms with van der Waals surface area (Å²) in [6.07, 6.45) is 0. The lowest BCUT2D eigenvalue weighted by Gasteiger charge is -2.13. The number of nitrogens with one attached hydrogen (secondary N) is 3. The number of carbonyl (C=O) groups excluding carboxylic acids is 1. The number of carbonyl (C=O) groups is 1. The molecular weight excluding hydrogens is 298 g/mol. The normalized spacial score (nSPS) is 19.0. The standard InChI is InChI=1S/C12H17N3O3S2/c1-8-3-4-9(5-11(8)20(17,18)13-2)15-12(16)10-6-19-7-14-10/h3-5,10,13-14H,6-7H2,1-2H3,(H,15,16). The lowest BCUT2D eigenvalue weighted by atomic mass is 10.2. The number of sulfonamides is 1. The molecule has 8 heteroatoms. The third-order valence-electron chi connectivity index (χ3n) is 3.05. The smallest absolute Gasteiger partial charge is 0.242 e. The highest BCUT2D eigenvalue weighted by Gasteiger charge is 2.23. The predicted molar refractivity (Wildman–Crippen MR) is 80.3 cm³/mol. The third kappa shape index (κ3) is 3.32. The van der Waals surface area contributed by atoms with Crippen LogP contribution in [0.5, 0.6) is 0 Å². The van der Waals surface area contributed by atoms with Crippen molar-refractivity contribution in [1.29, 1.82) is 0 Å². The molecule has 0 aromatic heterocycles. The lowest BCUT2D eigenvalue weighted by molar-refractivity contribution is -0.117. The molecular formula is C12H17N3O3S2. The Balaban J connectivity index is 2.21. The van der Waals surface area contributed by atoms with Crippen molar-refractivity contribution in [2.45, 2.75) is 17.9 Å². The summed E-state index contributed by atoms with van der Waals surface area (Å²) in [5.41, 5.74) is 1.11. The van der Waals surface area contributed by atoms with Crippen LogP contribution in [0.4, 0.5) is 5.69 Å². The first-order valence-electron chi connectivity index (χ1n) is 6.10. The Kier molecular flexibility index (Phi) is 4.69. The minimum atomic E-state index is -3.53. The van der Waals surface area contributed by atoms with Gasteiger partial charge < -0.3 is 5.32 Å². The number of hydrogen-bond acceptors (Lipinski definition) is 5. The molecule has 1 aromatic rings. The number of thioether (sulfide) groups is 1. The zero-order valence-corrected chi connectivity index (χ0v) is 12.9. The van der Waals surface area contributed by atoms with E-state index in [4.69, 9.17) is 0 Å². The van der Waals surface area contributed by atoms with Crippen molar-refractivity contribution >= 4 is 33.4 Å². The van der Waals surface area contributed by atoms with E-state index in [2.05, 4.69) is 15.4 Å². The van der Waals surface area contributed by atoms with E-state index in [1.165, 1.54) is 13.1 Å². The van der Waals surface area contributed by atoms with Crippen molar-refractivity contribution in [2.24, 2.45) is 0 Å². The van der Waals surface area contributed by atoms with Crippen molar-refractivity contribution in [2.75, 3.05) is 24.0 Å². The average Bonchev–Trinajstić information content (AvgIpc) is 2.95. The van der Waals surface area contributed by atoms with Gasteiger partial charge in [0.2, 0.25) is 15.9 Å². The number of amides is 1. The Labute approximate surface area is 122 Å². The molecule has 0 saturated carbocycles. The van der Waals surface area contributed by atoms with Crippen LogP contribution in [0.25, 0.3) is 0 Å². The Morgan fingerprint density at radius 2 is 2.20 bits per heavy atom. The number of anilines is 1. The molecule has 0 radical (unpaired) electrons. The van der Waals surface area contributed by atoms with Crippen LogP contribution in [-0.4, -0.2) is 39.0 Å². The molecule has 110 valence electrons. The molecule has 1 saturated heterocycles. The molecule has 0 spiro atoms. The van der Waals surface area contributed by atoms with E-state index >= 15 is 0 Å². The molecule has 1 aliphatic heterocycles. The zero-order valence-electron chi connectivity index (χ0n) is 11.3. The van der Waals surface area contributed by atoms with Gasteiger partial charge in [-0.25, -0.2) is 13.1 Å². The van der Waals surface area contributed by atoms with Gasteiger partial charge in [0.15, 0.2) is 0 Å². The van der Waals surface area contributed by atoms with Crippen LogP contribution >= 0.6 is 11.8 Å². The van der Waals surface area contributed by atoms with Gasteiger partial charge in [0.05, 0.1) is 10.9 Å². The SMILES string of the molecule is CNS(=O)(=O)c1cc(NC(=O)C2CSCN2)ccc1C. The summed E-state index contributed by atoms with van der Waals surface area (Å²) in [5.74, 6) is 1.33. The quantitative estimate of drug-likeness (QED) is 0.753. The first-order valence-corrected chi connectivity index (χ1v) is 8.74. The largest absolute Gasteiger partial charge is 0.325 e. The van der Waals surface area contributed by atoms with E-state index in [-0.39, 0.29) is 16.8 Å². The maximum atomic E-state index is 12.0. The van der Waals surface area contributed by atoms with Gasteiger partial charge in [-0.3, -0.25) is 10.1 Å². The first-order chi connectivity index (χ1) is 9.44. The fraction of sp³-hybridized carbons (Fsp3) is 0.417. The van der Waals surface area contributed by atoms with Crippen molar-refractivity contribution in [3.05, 3.63) is 23.8 Å². The van der Waals surface area contributed by atoms with E-state index in [0.29, 0.717) is 11.3 Å². The molecule has 1 aromatic carbocycles. The average molecular weight is 315 g/mol. The van der Waals surface area contributed by atoms with Gasteiger partial charge >= 0.3 is 0 Å². The monoisotopic (exact) mass is 315 g/mol. The zero-order chi connectivity index (χ0) is 14.8. The van der Waals surface area contributed by atoms with Crippen LogP contribution in [-0.2, 0) is 14.8 Å². The molecule has 0 bridgehead atoms. The predicted octanol–water partition coefficient (Wildman–Crippen LogP) is 0.504. The third-order valence-corrected chi connectivity index (χ3v) is 5.54. The van der Waals surface area contributed by atoms with Crippen molar-refractivity contribution in [1.82, 2.24) is 10.0 Å². The van der Waals surface area contributed by atoms with Gasteiger partial charge in [-0.1, -0.05) is 6.07 Å². The molecule has 2 rings (SSSR count). The molecule has 1 unspecified atom stereocenters. The Morgan fingerprint density at radius 3 is 2.80 bits per heavy atom. The second-order valence-electron chi connectivity index (χ2n) is 4.45. The second-order valence-corrected chi connectivity index (χ2v) is 7.33. The van der Waals surface area contributed by atoms with E-state index in [1.807, 2.05) is 0 Å². The number of rotatable bonds is 4. The summed E-state index contributed by atoms with van der Waals surface area (Å²) < 4.78 is 26.0. The molecule has 1 amide bonds. The van der Waals surface area contributed by atoms with Gasteiger partial charge in [0.25, 0.3) is 0 Å². The summed E-state index contributed by atoms with van der Waals surface area (Å²) >= 11 is 1.66. The summed E-state index contributed by atoms with van der Waals surface area (Å²) in [7, 11) is -2.17. The van der Waals surface area contributed by atoms with E-state index in [9.17, 15) is 13.2 Å². The molecule has 1 aliphatic rings. The Hall–Kier alpha value is -1.09. The topological polar surface area (TPSA) is 87.3 Å². The van der Waals surface area contributed by atoms with E-state index in [1.54, 1.807) is 30.8 Å². The first kappa shape index (κ1) is 15.3. The van der Waals surface area contributed by atoms with E-state index in [0.717, 1.165) is 11.6 Å². The van der Waals surface area contributed by atoms with Crippen LogP contribution < -0.4 is 15.4 Å². The molecule has 6 nitrogen and oxygen atoms in total. The maximum Gasteiger partial charge on any atom is 0.242 e. The minimum absolute atomic E-state index is 0.147. The highest BCUT2D eigenvalue weighted by atomic mass is 32.2. The van der Waals surface area contributed by atoms with Gasteiger partial charge in [0.1, 0.15) is 0 Å². The number of hydrogen-bond donors (Lipinski definition) is 3. The van der Waals surface area contributed by atoms with Gasteiger partial charge in [-0.15, -0.1) is 11.8 Å². The fourth-order valence-corrected chi connectivity index (χ4v) is 3.81. The van der Waals surface area contributed by atoms with Gasteiger partial charge in [-0.05, 0) is 31.7 Å². The van der Waals surface area contributed by atoms with Crippen molar-refractivity contribution in [3.8, 4) is 0 Å². The molecule has 3 N–H and O–H groups in total. The maximum absolute atomic E-state index is 12.0. The van der Waals surface area contributed by atoms with E-state index < -0.39 is 10.0 Å². The highest BCUT2D eigenvalue weighted by molar-refractivity contribution is 7.99. The summed E-state index contributed by atoms with van der Waals surface area (Å²) in [5, 5.41) is 5.81. The van der Waals surface area contributed by atoms with Crippen LogP contribution in [0.1, 0.15) is 5.56 Å². The second kappa shape index (κ2) is 6.13.